The largest absolute Gasteiger partial charge is 0.394 e. The lowest BCUT2D eigenvalue weighted by Crippen LogP contribution is -1.88. The van der Waals surface area contributed by atoms with Crippen molar-refractivity contribution in [1.29, 1.82) is 0 Å². The first kappa shape index (κ1) is 4.85. The van der Waals surface area contributed by atoms with Gasteiger partial charge in [0.15, 0.2) is 0 Å². The Hall–Kier alpha value is -0.150. The van der Waals surface area contributed by atoms with E-state index in [1.54, 1.807) is 0 Å². The van der Waals surface area contributed by atoms with Crippen molar-refractivity contribution in [3.8, 4) is 0 Å². The van der Waals surface area contributed by atoms with Gasteiger partial charge in [-0.25, -0.2) is 0 Å². The smallest absolute Gasteiger partial charge is 0.111 e. The van der Waals surface area contributed by atoms with Gasteiger partial charge in [-0.3, -0.25) is 0 Å². The second-order valence-corrected chi connectivity index (χ2v) is 0.537. The summed E-state index contributed by atoms with van der Waals surface area (Å²) >= 11 is 0. The number of aliphatic hydroxyl groups excluding tert-OH is 1. The molecule has 0 bridgehead atoms. The van der Waals surface area contributed by atoms with Gasteiger partial charge in [0.05, 0.1) is 6.61 Å². The molecule has 0 fully saturated rings. The standard InChI is InChI=1S/C2H5FO2/c3-5-2-1-4/h4H,1-2H2. The van der Waals surface area contributed by atoms with E-state index in [0.717, 1.165) is 0 Å². The molecule has 0 amide bonds. The van der Waals surface area contributed by atoms with Gasteiger partial charge < -0.3 is 5.11 Å². The first-order chi connectivity index (χ1) is 2.41. The Labute approximate surface area is 29.1 Å². The molecule has 3 heteroatoms. The molecule has 0 rings (SSSR count). The monoisotopic (exact) mass is 80.0 g/mol. The van der Waals surface area contributed by atoms with Gasteiger partial charge in [0.1, 0.15) is 6.61 Å². The molecule has 0 aromatic heterocycles. The maximum atomic E-state index is 10.3. The van der Waals surface area contributed by atoms with E-state index in [0.29, 0.717) is 0 Å². The summed E-state index contributed by atoms with van der Waals surface area (Å²) in [4.78, 5) is 2.94. The molecule has 0 atom stereocenters. The molecule has 0 aromatic carbocycles. The molecule has 32 valence electrons. The molecular formula is C2H5FO2. The lowest BCUT2D eigenvalue weighted by atomic mass is 10.8. The Morgan fingerprint density at radius 3 is 2.40 bits per heavy atom. The second-order valence-electron chi connectivity index (χ2n) is 0.537. The minimum atomic E-state index is -0.253. The zero-order chi connectivity index (χ0) is 4.12. The van der Waals surface area contributed by atoms with Gasteiger partial charge in [0.25, 0.3) is 0 Å². The van der Waals surface area contributed by atoms with Crippen LogP contribution in [0.2, 0.25) is 0 Å². The first-order valence-electron chi connectivity index (χ1n) is 1.26. The molecule has 2 nitrogen and oxygen atoms in total. The number of halogens is 1. The predicted molar refractivity (Wildman–Crippen MR) is 14.1 cm³/mol. The van der Waals surface area contributed by atoms with Crippen molar-refractivity contribution >= 4 is 0 Å². The van der Waals surface area contributed by atoms with Crippen molar-refractivity contribution in [2.24, 2.45) is 0 Å². The Morgan fingerprint density at radius 1 is 1.80 bits per heavy atom. The lowest BCUT2D eigenvalue weighted by molar-refractivity contribution is -0.140. The van der Waals surface area contributed by atoms with Gasteiger partial charge in [-0.05, 0) is 4.53 Å². The summed E-state index contributed by atoms with van der Waals surface area (Å²) in [6.45, 7) is -0.476. The van der Waals surface area contributed by atoms with E-state index in [1.165, 1.54) is 0 Å². The topological polar surface area (TPSA) is 29.5 Å². The number of aliphatic hydroxyl groups is 1. The van der Waals surface area contributed by atoms with Crippen LogP contribution in [-0.4, -0.2) is 18.3 Å². The van der Waals surface area contributed by atoms with E-state index in [2.05, 4.69) is 4.94 Å². The molecule has 0 radical (unpaired) electrons. The highest BCUT2D eigenvalue weighted by Gasteiger charge is 1.72. The highest BCUT2D eigenvalue weighted by Crippen LogP contribution is 1.65. The third kappa shape index (κ3) is 3.85. The fourth-order valence-corrected chi connectivity index (χ4v) is 0.0345. The van der Waals surface area contributed by atoms with Crippen LogP contribution in [0.25, 0.3) is 0 Å². The fraction of sp³-hybridized carbons (Fsp3) is 1.00. The van der Waals surface area contributed by atoms with Crippen LogP contribution >= 0.6 is 0 Å². The Morgan fingerprint density at radius 2 is 2.40 bits per heavy atom. The summed E-state index contributed by atoms with van der Waals surface area (Å²) in [6.07, 6.45) is 0. The average molecular weight is 80.1 g/mol. The Bertz CT molecular complexity index is 15.1. The molecule has 0 saturated carbocycles. The molecule has 0 aliphatic rings. The fourth-order valence-electron chi connectivity index (χ4n) is 0.0345. The second kappa shape index (κ2) is 3.85. The quantitative estimate of drug-likeness (QED) is 0.501. The molecule has 0 aromatic rings. The van der Waals surface area contributed by atoms with Crippen LogP contribution in [-0.2, 0) is 4.94 Å². The third-order valence-electron chi connectivity index (χ3n) is 0.168. The zero-order valence-electron chi connectivity index (χ0n) is 2.65. The van der Waals surface area contributed by atoms with Crippen molar-refractivity contribution in [3.63, 3.8) is 0 Å². The maximum absolute atomic E-state index is 10.3. The van der Waals surface area contributed by atoms with E-state index in [-0.39, 0.29) is 13.2 Å². The number of rotatable bonds is 2. The molecule has 0 aliphatic heterocycles. The molecular weight excluding hydrogens is 75.0 g/mol. The van der Waals surface area contributed by atoms with Gasteiger partial charge >= 0.3 is 0 Å². The van der Waals surface area contributed by atoms with Crippen molar-refractivity contribution in [3.05, 3.63) is 0 Å². The Balaban J connectivity index is 2.19. The third-order valence-corrected chi connectivity index (χ3v) is 0.168. The summed E-state index contributed by atoms with van der Waals surface area (Å²) in [7, 11) is 0. The average Bonchev–Trinajstić information content (AvgIpc) is 1.41. The summed E-state index contributed by atoms with van der Waals surface area (Å²) in [5.41, 5.74) is 0. The van der Waals surface area contributed by atoms with Crippen LogP contribution in [0.5, 0.6) is 0 Å². The molecule has 0 spiro atoms. The predicted octanol–water partition coefficient (Wildman–Crippen LogP) is -0.120. The summed E-state index contributed by atoms with van der Waals surface area (Å²) in [5.74, 6) is 0. The van der Waals surface area contributed by atoms with Crippen LogP contribution in [0.15, 0.2) is 0 Å². The van der Waals surface area contributed by atoms with Crippen molar-refractivity contribution < 1.29 is 14.6 Å². The van der Waals surface area contributed by atoms with Gasteiger partial charge in [0, 0.05) is 0 Å². The van der Waals surface area contributed by atoms with Crippen LogP contribution in [0.3, 0.4) is 0 Å². The van der Waals surface area contributed by atoms with Crippen LogP contribution in [0.4, 0.5) is 4.53 Å². The van der Waals surface area contributed by atoms with Crippen LogP contribution in [0.1, 0.15) is 0 Å². The van der Waals surface area contributed by atoms with E-state index in [1.807, 2.05) is 0 Å². The number of hydrogen-bond donors (Lipinski definition) is 1. The zero-order valence-corrected chi connectivity index (χ0v) is 2.65. The molecule has 0 heterocycles. The SMILES string of the molecule is OCCOF. The van der Waals surface area contributed by atoms with E-state index in [9.17, 15) is 4.53 Å². The van der Waals surface area contributed by atoms with E-state index < -0.39 is 0 Å². The van der Waals surface area contributed by atoms with Crippen LogP contribution in [0, 0.1) is 0 Å². The lowest BCUT2D eigenvalue weighted by Gasteiger charge is -1.77. The van der Waals surface area contributed by atoms with Crippen molar-refractivity contribution in [1.82, 2.24) is 0 Å². The first-order valence-corrected chi connectivity index (χ1v) is 1.26. The summed E-state index contributed by atoms with van der Waals surface area (Å²) in [6, 6.07) is 0. The van der Waals surface area contributed by atoms with Gasteiger partial charge in [0.2, 0.25) is 0 Å². The highest BCUT2D eigenvalue weighted by molar-refractivity contribution is 4.09. The van der Waals surface area contributed by atoms with Crippen molar-refractivity contribution in [2.45, 2.75) is 0 Å². The van der Waals surface area contributed by atoms with E-state index >= 15 is 0 Å². The normalized spacial score (nSPS) is 8.40. The van der Waals surface area contributed by atoms with Gasteiger partial charge in [-0.15, -0.1) is 0 Å². The minimum Gasteiger partial charge on any atom is -0.394 e. The van der Waals surface area contributed by atoms with Crippen molar-refractivity contribution in [2.75, 3.05) is 13.2 Å². The molecule has 5 heavy (non-hydrogen) atoms. The summed E-state index contributed by atoms with van der Waals surface area (Å²) in [5, 5.41) is 7.70. The molecule has 0 unspecified atom stereocenters. The van der Waals surface area contributed by atoms with Gasteiger partial charge in [-0.2, -0.15) is 4.94 Å². The summed E-state index contributed by atoms with van der Waals surface area (Å²) < 4.78 is 10.3. The molecule has 1 N–H and O–H groups in total. The number of hydrogen-bond acceptors (Lipinski definition) is 2. The molecule has 0 aliphatic carbocycles. The maximum Gasteiger partial charge on any atom is 0.111 e. The molecule has 0 saturated heterocycles. The highest BCUT2D eigenvalue weighted by atomic mass is 19.3. The van der Waals surface area contributed by atoms with Crippen LogP contribution < -0.4 is 0 Å². The Kier molecular flexibility index (Phi) is 3.73. The van der Waals surface area contributed by atoms with E-state index in [4.69, 9.17) is 5.11 Å². The minimum absolute atomic E-state index is 0.222. The van der Waals surface area contributed by atoms with Gasteiger partial charge in [-0.1, -0.05) is 0 Å².